The number of hydrogen-bond donors (Lipinski definition) is 5. The fourth-order valence-corrected chi connectivity index (χ4v) is 3.61. The highest BCUT2D eigenvalue weighted by atomic mass is 16.7. The van der Waals surface area contributed by atoms with Crippen molar-refractivity contribution in [2.24, 2.45) is 0 Å². The maximum absolute atomic E-state index is 12.2. The van der Waals surface area contributed by atoms with Crippen LogP contribution in [0.25, 0.3) is 22.1 Å². The molecule has 3 aromatic rings. The fraction of sp³-hybridized carbons (Fsp3) is 0.318. The van der Waals surface area contributed by atoms with E-state index < -0.39 is 42.9 Å². The molecular formula is C22H22O10. The number of phenols is 1. The monoisotopic (exact) mass is 446 g/mol. The van der Waals surface area contributed by atoms with Crippen LogP contribution < -0.4 is 15.1 Å². The minimum atomic E-state index is -1.64. The van der Waals surface area contributed by atoms with Crippen molar-refractivity contribution >= 4 is 11.0 Å². The summed E-state index contributed by atoms with van der Waals surface area (Å²) >= 11 is 0. The molecule has 170 valence electrons. The van der Waals surface area contributed by atoms with E-state index in [-0.39, 0.29) is 22.8 Å². The Morgan fingerprint density at radius 3 is 2.38 bits per heavy atom. The van der Waals surface area contributed by atoms with Crippen LogP contribution in [0.1, 0.15) is 0 Å². The van der Waals surface area contributed by atoms with Crippen LogP contribution in [-0.2, 0) is 4.74 Å². The van der Waals surface area contributed by atoms with Gasteiger partial charge in [0.05, 0.1) is 19.1 Å². The van der Waals surface area contributed by atoms with Gasteiger partial charge in [-0.15, -0.1) is 0 Å². The molecule has 1 saturated heterocycles. The third-order valence-electron chi connectivity index (χ3n) is 5.29. The van der Waals surface area contributed by atoms with Crippen molar-refractivity contribution in [1.82, 2.24) is 0 Å². The molecule has 1 aromatic heterocycles. The standard InChI is InChI=1S/C22H22O10/c1-29-12-6-14-18(13(8-17(25)30-14)10-2-4-11(24)5-3-10)15(7-12)31-22-21(28)20(27)19(26)16(9-23)32-22/h2-8,16,19-24,26-28H,9H2,1H3/t16-,19-,20+,21-,22-/m1/s1. The first-order valence-corrected chi connectivity index (χ1v) is 9.75. The molecule has 0 unspecified atom stereocenters. The first-order valence-electron chi connectivity index (χ1n) is 9.75. The summed E-state index contributed by atoms with van der Waals surface area (Å²) in [6, 6.07) is 10.3. The predicted molar refractivity (Wildman–Crippen MR) is 111 cm³/mol. The van der Waals surface area contributed by atoms with Crippen molar-refractivity contribution in [2.75, 3.05) is 13.7 Å². The Balaban J connectivity index is 1.86. The van der Waals surface area contributed by atoms with E-state index in [4.69, 9.17) is 18.6 Å². The number of benzene rings is 2. The molecule has 10 nitrogen and oxygen atoms in total. The zero-order valence-corrected chi connectivity index (χ0v) is 16.9. The van der Waals surface area contributed by atoms with Crippen molar-refractivity contribution < 1.29 is 44.2 Å². The molecule has 0 amide bonds. The summed E-state index contributed by atoms with van der Waals surface area (Å²) in [5.74, 6) is 0.416. The van der Waals surface area contributed by atoms with Gasteiger partial charge in [-0.1, -0.05) is 12.1 Å². The van der Waals surface area contributed by atoms with E-state index in [1.54, 1.807) is 12.1 Å². The van der Waals surface area contributed by atoms with Crippen molar-refractivity contribution in [3.8, 4) is 28.4 Å². The van der Waals surface area contributed by atoms with E-state index in [0.717, 1.165) is 0 Å². The van der Waals surface area contributed by atoms with Gasteiger partial charge in [-0.05, 0) is 17.7 Å². The Morgan fingerprint density at radius 1 is 1.00 bits per heavy atom. The zero-order chi connectivity index (χ0) is 23.0. The van der Waals surface area contributed by atoms with E-state index in [9.17, 15) is 30.3 Å². The Morgan fingerprint density at radius 2 is 1.72 bits per heavy atom. The SMILES string of the molecule is COc1cc(O[C@@H]2O[C@H](CO)[C@@H](O)[C@H](O)[C@H]2O)c2c(-c3ccc(O)cc3)cc(=O)oc2c1. The molecular weight excluding hydrogens is 424 g/mol. The molecule has 0 radical (unpaired) electrons. The van der Waals surface area contributed by atoms with Gasteiger partial charge in [0.15, 0.2) is 0 Å². The van der Waals surface area contributed by atoms with Gasteiger partial charge >= 0.3 is 5.63 Å². The van der Waals surface area contributed by atoms with Gasteiger partial charge in [0.1, 0.15) is 47.2 Å². The molecule has 4 rings (SSSR count). The molecule has 1 fully saturated rings. The van der Waals surface area contributed by atoms with Crippen LogP contribution in [0.15, 0.2) is 51.7 Å². The van der Waals surface area contributed by atoms with E-state index >= 15 is 0 Å². The Hall–Kier alpha value is -3.15. The van der Waals surface area contributed by atoms with Crippen LogP contribution in [0.4, 0.5) is 0 Å². The summed E-state index contributed by atoms with van der Waals surface area (Å²) in [5.41, 5.74) is 0.482. The van der Waals surface area contributed by atoms with Gasteiger partial charge in [0.2, 0.25) is 6.29 Å². The largest absolute Gasteiger partial charge is 0.508 e. The molecule has 0 aliphatic carbocycles. The van der Waals surface area contributed by atoms with Gasteiger partial charge in [-0.3, -0.25) is 0 Å². The summed E-state index contributed by atoms with van der Waals surface area (Å²) in [5, 5.41) is 49.8. The lowest BCUT2D eigenvalue weighted by atomic mass is 9.99. The first kappa shape index (κ1) is 22.1. The van der Waals surface area contributed by atoms with Gasteiger partial charge in [-0.2, -0.15) is 0 Å². The minimum absolute atomic E-state index is 0.0421. The number of ether oxygens (including phenoxy) is 3. The van der Waals surface area contributed by atoms with Crippen LogP contribution in [-0.4, -0.2) is 70.0 Å². The maximum Gasteiger partial charge on any atom is 0.336 e. The fourth-order valence-electron chi connectivity index (χ4n) is 3.61. The topological polar surface area (TPSA) is 159 Å². The van der Waals surface area contributed by atoms with Crippen molar-refractivity contribution in [1.29, 1.82) is 0 Å². The molecule has 1 aliphatic rings. The summed E-state index contributed by atoms with van der Waals surface area (Å²) in [6.45, 7) is -0.614. The second-order valence-corrected chi connectivity index (χ2v) is 7.34. The lowest BCUT2D eigenvalue weighted by Gasteiger charge is -2.39. The second-order valence-electron chi connectivity index (χ2n) is 7.34. The van der Waals surface area contributed by atoms with Crippen LogP contribution >= 0.6 is 0 Å². The van der Waals surface area contributed by atoms with Crippen molar-refractivity contribution in [3.05, 3.63) is 52.9 Å². The maximum atomic E-state index is 12.2. The number of aliphatic hydroxyl groups excluding tert-OH is 4. The lowest BCUT2D eigenvalue weighted by molar-refractivity contribution is -0.277. The van der Waals surface area contributed by atoms with Crippen LogP contribution in [0.5, 0.6) is 17.2 Å². The highest BCUT2D eigenvalue weighted by Gasteiger charge is 2.45. The summed E-state index contributed by atoms with van der Waals surface area (Å²) in [4.78, 5) is 12.2. The third-order valence-corrected chi connectivity index (χ3v) is 5.29. The highest BCUT2D eigenvalue weighted by molar-refractivity contribution is 5.98. The van der Waals surface area contributed by atoms with Gasteiger partial charge in [-0.25, -0.2) is 4.79 Å². The number of hydrogen-bond acceptors (Lipinski definition) is 10. The number of aliphatic hydroxyl groups is 4. The van der Waals surface area contributed by atoms with Crippen LogP contribution in [0.2, 0.25) is 0 Å². The van der Waals surface area contributed by atoms with E-state index in [0.29, 0.717) is 16.5 Å². The average Bonchev–Trinajstić information content (AvgIpc) is 2.78. The molecule has 0 bridgehead atoms. The van der Waals surface area contributed by atoms with Crippen molar-refractivity contribution in [2.45, 2.75) is 30.7 Å². The quantitative estimate of drug-likeness (QED) is 0.346. The summed E-state index contributed by atoms with van der Waals surface area (Å²) in [7, 11) is 1.40. The van der Waals surface area contributed by atoms with E-state index in [2.05, 4.69) is 0 Å². The highest BCUT2D eigenvalue weighted by Crippen LogP contribution is 2.39. The second kappa shape index (κ2) is 8.77. The van der Waals surface area contributed by atoms with Gasteiger partial charge in [0.25, 0.3) is 0 Å². The number of phenolic OH excluding ortho intramolecular Hbond substituents is 1. The first-order chi connectivity index (χ1) is 15.3. The molecule has 1 aliphatic heterocycles. The smallest absolute Gasteiger partial charge is 0.336 e. The molecule has 2 aromatic carbocycles. The van der Waals surface area contributed by atoms with Gasteiger partial charge in [0, 0.05) is 23.8 Å². The molecule has 5 atom stereocenters. The molecule has 5 N–H and O–H groups in total. The molecule has 0 spiro atoms. The lowest BCUT2D eigenvalue weighted by Crippen LogP contribution is -2.60. The molecule has 10 heteroatoms. The predicted octanol–water partition coefficient (Wildman–Crippen LogP) is 0.353. The van der Waals surface area contributed by atoms with E-state index in [1.807, 2.05) is 0 Å². The molecule has 2 heterocycles. The summed E-state index contributed by atoms with van der Waals surface area (Å²) < 4.78 is 21.9. The van der Waals surface area contributed by atoms with Crippen LogP contribution in [0.3, 0.4) is 0 Å². The number of fused-ring (bicyclic) bond motifs is 1. The Labute approximate surface area is 181 Å². The van der Waals surface area contributed by atoms with E-state index in [1.165, 1.54) is 37.4 Å². The van der Waals surface area contributed by atoms with Crippen LogP contribution in [0, 0.1) is 0 Å². The zero-order valence-electron chi connectivity index (χ0n) is 16.9. The number of rotatable bonds is 5. The number of methoxy groups -OCH3 is 1. The summed E-state index contributed by atoms with van der Waals surface area (Å²) in [6.07, 6.45) is -7.42. The normalized spacial score (nSPS) is 25.6. The third kappa shape index (κ3) is 4.01. The minimum Gasteiger partial charge on any atom is -0.508 e. The average molecular weight is 446 g/mol. The Kier molecular flexibility index (Phi) is 6.04. The molecule has 32 heavy (non-hydrogen) atoms. The number of aromatic hydroxyl groups is 1. The van der Waals surface area contributed by atoms with Crippen molar-refractivity contribution in [3.63, 3.8) is 0 Å². The Bertz CT molecular complexity index is 1150. The molecule has 0 saturated carbocycles. The van der Waals surface area contributed by atoms with Gasteiger partial charge < -0.3 is 44.2 Å².